The first kappa shape index (κ1) is 18.9. The number of carbonyl (C=O) groups excluding carboxylic acids is 4. The van der Waals surface area contributed by atoms with Gasteiger partial charge in [-0.2, -0.15) is 0 Å². The van der Waals surface area contributed by atoms with Crippen molar-refractivity contribution < 1.29 is 26.8 Å². The average Bonchev–Trinajstić information content (AvgIpc) is 3.20. The molecule has 2 saturated heterocycles. The van der Waals surface area contributed by atoms with Crippen LogP contribution in [0.2, 0.25) is 0 Å². The quantitative estimate of drug-likeness (QED) is 0.586. The van der Waals surface area contributed by atoms with Crippen molar-refractivity contribution in [1.82, 2.24) is 20.6 Å². The van der Waals surface area contributed by atoms with Crippen LogP contribution in [0.5, 0.6) is 0 Å². The Hall–Kier alpha value is -2.42. The second-order valence-electron chi connectivity index (χ2n) is 6.97. The number of nitrogens with zero attached hydrogens (tertiary/aromatic N) is 2. The average molecular weight is 396 g/mol. The zero-order chi connectivity index (χ0) is 22.5. The molecule has 1 unspecified atom stereocenters. The minimum Gasteiger partial charge on any atom is -0.355 e. The summed E-state index contributed by atoms with van der Waals surface area (Å²) in [7, 11) is 0. The lowest BCUT2D eigenvalue weighted by atomic mass is 10.2. The summed E-state index contributed by atoms with van der Waals surface area (Å²) in [5.41, 5.74) is 0.426. The van der Waals surface area contributed by atoms with Crippen LogP contribution in [-0.4, -0.2) is 65.3 Å². The van der Waals surface area contributed by atoms with E-state index in [1.165, 1.54) is 0 Å². The van der Waals surface area contributed by atoms with Gasteiger partial charge in [0.1, 0.15) is 0 Å². The van der Waals surface area contributed by atoms with Crippen LogP contribution < -0.4 is 10.6 Å². The third-order valence-electron chi connectivity index (χ3n) is 4.55. The highest BCUT2D eigenvalue weighted by Gasteiger charge is 2.32. The van der Waals surface area contributed by atoms with Crippen molar-refractivity contribution in [2.45, 2.75) is 64.4 Å². The van der Waals surface area contributed by atoms with Gasteiger partial charge in [-0.05, 0) is 39.7 Å². The Morgan fingerprint density at radius 3 is 2.64 bits per heavy atom. The van der Waals surface area contributed by atoms with Gasteiger partial charge in [-0.15, -0.1) is 5.06 Å². The first-order valence-electron chi connectivity index (χ1n) is 10.5. The smallest absolute Gasteiger partial charge is 0.334 e. The van der Waals surface area contributed by atoms with Gasteiger partial charge in [0.15, 0.2) is 0 Å². The normalized spacial score (nSPS) is 24.0. The van der Waals surface area contributed by atoms with E-state index in [0.29, 0.717) is 31.5 Å². The van der Waals surface area contributed by atoms with Crippen molar-refractivity contribution in [2.75, 3.05) is 19.6 Å². The zero-order valence-corrected chi connectivity index (χ0v) is 16.5. The Bertz CT molecular complexity index is 708. The molecule has 0 bridgehead atoms. The maximum absolute atomic E-state index is 12.5. The van der Waals surface area contributed by atoms with Crippen molar-refractivity contribution >= 4 is 23.7 Å². The molecule has 2 aliphatic heterocycles. The van der Waals surface area contributed by atoms with Crippen LogP contribution in [0.1, 0.15) is 55.1 Å². The number of hydroxylamine groups is 2. The Morgan fingerprint density at radius 2 is 2.00 bits per heavy atom. The molecule has 0 spiro atoms. The van der Waals surface area contributed by atoms with Crippen LogP contribution in [0.4, 0.5) is 0 Å². The summed E-state index contributed by atoms with van der Waals surface area (Å²) in [6.45, 7) is 7.50. The molecule has 28 heavy (non-hydrogen) atoms. The first-order chi connectivity index (χ1) is 13.9. The molecule has 0 aromatic heterocycles. The van der Waals surface area contributed by atoms with E-state index in [-0.39, 0.29) is 44.2 Å². The molecule has 0 radical (unpaired) electrons. The van der Waals surface area contributed by atoms with Gasteiger partial charge >= 0.3 is 5.97 Å². The van der Waals surface area contributed by atoms with Gasteiger partial charge in [-0.3, -0.25) is 19.3 Å². The number of amides is 3. The molecule has 0 saturated carbocycles. The summed E-state index contributed by atoms with van der Waals surface area (Å²) in [4.78, 5) is 54.1. The monoisotopic (exact) mass is 396 g/mol. The third kappa shape index (κ3) is 6.05. The van der Waals surface area contributed by atoms with E-state index in [1.54, 1.807) is 18.7 Å². The lowest BCUT2D eigenvalue weighted by Crippen LogP contribution is -2.46. The van der Waals surface area contributed by atoms with Crippen molar-refractivity contribution in [2.24, 2.45) is 0 Å². The highest BCUT2D eigenvalue weighted by Crippen LogP contribution is 2.21. The number of nitrogens with one attached hydrogen (secondary N) is 2. The second-order valence-corrected chi connectivity index (χ2v) is 6.97. The number of hydrogen-bond acceptors (Lipinski definition) is 6. The highest BCUT2D eigenvalue weighted by atomic mass is 16.7. The van der Waals surface area contributed by atoms with E-state index in [2.05, 4.69) is 17.2 Å². The summed E-state index contributed by atoms with van der Waals surface area (Å²) < 4.78 is 16.6. The van der Waals surface area contributed by atoms with Crippen LogP contribution in [0.25, 0.3) is 0 Å². The van der Waals surface area contributed by atoms with E-state index in [0.717, 1.165) is 5.06 Å². The molecular formula is C19H30N4O5. The molecule has 1 atom stereocenters. The van der Waals surface area contributed by atoms with E-state index >= 15 is 0 Å². The number of hydrogen-bond donors (Lipinski definition) is 2. The topological polar surface area (TPSA) is 108 Å². The molecule has 0 aromatic rings. The second kappa shape index (κ2) is 10.2. The number of allylic oxidation sites excluding steroid dienone is 1. The van der Waals surface area contributed by atoms with Crippen molar-refractivity contribution in [3.8, 4) is 0 Å². The SMILES string of the molecule is [2H]C(C)(C)N1CCCC1([2H])C(=O)NCCC(=O)NCCC(=O)ON1C(=C)CCC1=O. The lowest BCUT2D eigenvalue weighted by Gasteiger charge is -2.27. The van der Waals surface area contributed by atoms with Crippen molar-refractivity contribution in [1.29, 1.82) is 0 Å². The molecule has 3 amide bonds. The standard InChI is InChI=1S/C19H30N4O5/c1-13(2)22-12-4-5-15(22)19(27)21-10-8-16(24)20-11-9-18(26)28-23-14(3)6-7-17(23)25/h13,15H,3-12H2,1-2H3,(H,20,24)(H,21,27)/i13D,15D. The van der Waals surface area contributed by atoms with Crippen LogP contribution in [0.3, 0.4) is 0 Å². The van der Waals surface area contributed by atoms with Gasteiger partial charge in [0.2, 0.25) is 11.8 Å². The Balaban J connectivity index is 1.66. The maximum Gasteiger partial charge on any atom is 0.334 e. The molecule has 9 heteroatoms. The molecule has 2 rings (SSSR count). The molecule has 2 heterocycles. The molecule has 0 aromatic carbocycles. The number of rotatable bonds is 9. The van der Waals surface area contributed by atoms with Crippen LogP contribution >= 0.6 is 0 Å². The van der Waals surface area contributed by atoms with Gasteiger partial charge in [0.25, 0.3) is 5.91 Å². The van der Waals surface area contributed by atoms with Crippen LogP contribution in [0.15, 0.2) is 12.3 Å². The third-order valence-corrected chi connectivity index (χ3v) is 4.55. The zero-order valence-electron chi connectivity index (χ0n) is 18.5. The largest absolute Gasteiger partial charge is 0.355 e. The van der Waals surface area contributed by atoms with E-state index in [1.807, 2.05) is 0 Å². The molecule has 9 nitrogen and oxygen atoms in total. The molecule has 156 valence electrons. The van der Waals surface area contributed by atoms with Crippen LogP contribution in [0, 0.1) is 0 Å². The highest BCUT2D eigenvalue weighted by molar-refractivity contribution is 5.83. The van der Waals surface area contributed by atoms with Gasteiger partial charge in [-0.25, -0.2) is 4.79 Å². The summed E-state index contributed by atoms with van der Waals surface area (Å²) in [5.74, 6) is -1.87. The fourth-order valence-electron chi connectivity index (χ4n) is 3.08. The van der Waals surface area contributed by atoms with Gasteiger partial charge in [0, 0.05) is 33.3 Å². The summed E-state index contributed by atoms with van der Waals surface area (Å²) in [6, 6.07) is -2.56. The Kier molecular flexibility index (Phi) is 6.90. The summed E-state index contributed by atoms with van der Waals surface area (Å²) >= 11 is 0. The molecular weight excluding hydrogens is 364 g/mol. The minimum absolute atomic E-state index is 0.0114. The van der Waals surface area contributed by atoms with Gasteiger partial charge in [-0.1, -0.05) is 6.58 Å². The fourth-order valence-corrected chi connectivity index (χ4v) is 3.08. The van der Waals surface area contributed by atoms with Gasteiger partial charge < -0.3 is 15.5 Å². The molecule has 2 fully saturated rings. The summed E-state index contributed by atoms with van der Waals surface area (Å²) in [6.07, 6.45) is 1.57. The maximum atomic E-state index is 12.5. The van der Waals surface area contributed by atoms with Crippen molar-refractivity contribution in [3.05, 3.63) is 12.3 Å². The van der Waals surface area contributed by atoms with Crippen LogP contribution in [-0.2, 0) is 24.0 Å². The summed E-state index contributed by atoms with van der Waals surface area (Å²) in [5, 5.41) is 6.03. The van der Waals surface area contributed by atoms with Gasteiger partial charge in [0.05, 0.1) is 19.5 Å². The number of carbonyl (C=O) groups is 4. The van der Waals surface area contributed by atoms with E-state index in [9.17, 15) is 19.2 Å². The fraction of sp³-hybridized carbons (Fsp3) is 0.684. The predicted molar refractivity (Wildman–Crippen MR) is 101 cm³/mol. The molecule has 2 N–H and O–H groups in total. The lowest BCUT2D eigenvalue weighted by molar-refractivity contribution is -0.186. The van der Waals surface area contributed by atoms with Crippen molar-refractivity contribution in [3.63, 3.8) is 0 Å². The Labute approximate surface area is 168 Å². The minimum atomic E-state index is -1.51. The number of likely N-dealkylation sites (tertiary alicyclic amines) is 1. The molecule has 2 aliphatic rings. The molecule has 0 aliphatic carbocycles. The van der Waals surface area contributed by atoms with E-state index in [4.69, 9.17) is 7.58 Å². The Morgan fingerprint density at radius 1 is 1.29 bits per heavy atom. The van der Waals surface area contributed by atoms with E-state index < -0.39 is 23.9 Å². The first-order valence-corrected chi connectivity index (χ1v) is 9.49. The predicted octanol–water partition coefficient (Wildman–Crippen LogP) is 0.466.